The Hall–Kier alpha value is -1.83. The summed E-state index contributed by atoms with van der Waals surface area (Å²) in [7, 11) is 3.31. The van der Waals surface area contributed by atoms with E-state index in [9.17, 15) is 4.79 Å². The number of hydrogen-bond donors (Lipinski definition) is 2. The van der Waals surface area contributed by atoms with E-state index in [-0.39, 0.29) is 11.7 Å². The predicted molar refractivity (Wildman–Crippen MR) is 98.3 cm³/mol. The van der Waals surface area contributed by atoms with Gasteiger partial charge in [-0.2, -0.15) is 0 Å². The van der Waals surface area contributed by atoms with Gasteiger partial charge in [-0.15, -0.1) is 0 Å². The Bertz CT molecular complexity index is 747. The van der Waals surface area contributed by atoms with Crippen LogP contribution in [0.4, 0.5) is 0 Å². The molecule has 1 aromatic heterocycles. The molecule has 0 saturated carbocycles. The third kappa shape index (κ3) is 4.37. The second kappa shape index (κ2) is 8.32. The van der Waals surface area contributed by atoms with Gasteiger partial charge >= 0.3 is 5.91 Å². The maximum Gasteiger partial charge on any atom is 0.305 e. The summed E-state index contributed by atoms with van der Waals surface area (Å²) in [5, 5.41) is 6.31. The number of rotatable bonds is 5. The number of amides is 1. The van der Waals surface area contributed by atoms with Crippen LogP contribution in [0.5, 0.6) is 0 Å². The molecule has 0 atom stereocenters. The third-order valence-electron chi connectivity index (χ3n) is 3.48. The summed E-state index contributed by atoms with van der Waals surface area (Å²) in [5.74, 6) is -0.135. The van der Waals surface area contributed by atoms with Crippen LogP contribution in [0.2, 0.25) is 5.02 Å². The van der Waals surface area contributed by atoms with E-state index in [2.05, 4.69) is 10.7 Å². The first kappa shape index (κ1) is 18.5. The summed E-state index contributed by atoms with van der Waals surface area (Å²) in [5.41, 5.74) is 4.04. The molecule has 2 N–H and O–H groups in total. The van der Waals surface area contributed by atoms with Gasteiger partial charge in [0.25, 0.3) is 0 Å². The van der Waals surface area contributed by atoms with Crippen LogP contribution in [0.25, 0.3) is 11.0 Å². The van der Waals surface area contributed by atoms with Crippen molar-refractivity contribution in [3.8, 4) is 0 Å². The number of furan rings is 1. The monoisotopic (exact) mass is 369 g/mol. The summed E-state index contributed by atoms with van der Waals surface area (Å²) in [6, 6.07) is 5.24. The average molecular weight is 370 g/mol. The molecule has 0 radical (unpaired) electrons. The van der Waals surface area contributed by atoms with Crippen molar-refractivity contribution in [2.45, 2.75) is 13.3 Å². The van der Waals surface area contributed by atoms with Crippen molar-refractivity contribution in [2.24, 2.45) is 0 Å². The molecule has 1 amide bonds. The van der Waals surface area contributed by atoms with Crippen molar-refractivity contribution >= 4 is 45.8 Å². The zero-order valence-electron chi connectivity index (χ0n) is 13.8. The molecular formula is C16H20ClN3O3S. The maximum absolute atomic E-state index is 12.4. The fraction of sp³-hybridized carbons (Fsp3) is 0.375. The number of benzene rings is 1. The Morgan fingerprint density at radius 3 is 2.92 bits per heavy atom. The number of hydrazine groups is 1. The number of carbonyl (C=O) groups excluding carboxylic acids is 1. The summed E-state index contributed by atoms with van der Waals surface area (Å²) in [6.45, 7) is 3.12. The summed E-state index contributed by atoms with van der Waals surface area (Å²) < 4.78 is 10.6. The molecule has 0 fully saturated rings. The first-order valence-corrected chi connectivity index (χ1v) is 8.22. The van der Waals surface area contributed by atoms with Crippen molar-refractivity contribution in [1.82, 2.24) is 15.8 Å². The molecule has 24 heavy (non-hydrogen) atoms. The molecule has 2 aromatic rings. The fourth-order valence-electron chi connectivity index (χ4n) is 2.19. The average Bonchev–Trinajstić information content (AvgIpc) is 2.88. The summed E-state index contributed by atoms with van der Waals surface area (Å²) in [4.78, 5) is 12.4. The lowest BCUT2D eigenvalue weighted by atomic mass is 10.1. The lowest BCUT2D eigenvalue weighted by molar-refractivity contribution is 0.0858. The molecule has 130 valence electrons. The highest BCUT2D eigenvalue weighted by atomic mass is 35.5. The number of nitrogens with one attached hydrogen (secondary N) is 2. The number of thiocarbonyl (C=S) groups is 1. The summed E-state index contributed by atoms with van der Waals surface area (Å²) >= 11 is 11.2. The lowest BCUT2D eigenvalue weighted by Gasteiger charge is -2.21. The maximum atomic E-state index is 12.4. The van der Waals surface area contributed by atoms with E-state index in [1.807, 2.05) is 6.92 Å². The van der Waals surface area contributed by atoms with E-state index in [4.69, 9.17) is 33.0 Å². The number of fused-ring (bicyclic) bond motifs is 1. The standard InChI is InChI=1S/C16H20ClN3O3S/c1-10-12-9-11(17)5-6-13(12)23-14(10)15(21)19-20(2)16(24)18-7-4-8-22-3/h5-6,9H,4,7-8H2,1-3H3,(H,18,24)(H,19,21). The smallest absolute Gasteiger partial charge is 0.305 e. The Kier molecular flexibility index (Phi) is 6.42. The number of aryl methyl sites for hydroxylation is 1. The van der Waals surface area contributed by atoms with Gasteiger partial charge in [0.1, 0.15) is 5.58 Å². The molecule has 0 aliphatic carbocycles. The largest absolute Gasteiger partial charge is 0.451 e. The Balaban J connectivity index is 2.01. The normalized spacial score (nSPS) is 10.7. The van der Waals surface area contributed by atoms with Gasteiger partial charge in [0.15, 0.2) is 10.9 Å². The molecule has 1 heterocycles. The number of hydrogen-bond acceptors (Lipinski definition) is 4. The first-order chi connectivity index (χ1) is 11.4. The van der Waals surface area contributed by atoms with Crippen LogP contribution in [0.3, 0.4) is 0 Å². The number of carbonyl (C=O) groups is 1. The topological polar surface area (TPSA) is 66.7 Å². The summed E-state index contributed by atoms with van der Waals surface area (Å²) in [6.07, 6.45) is 0.821. The zero-order valence-corrected chi connectivity index (χ0v) is 15.4. The van der Waals surface area contributed by atoms with E-state index in [1.165, 1.54) is 5.01 Å². The van der Waals surface area contributed by atoms with Gasteiger partial charge in [0.05, 0.1) is 0 Å². The number of nitrogens with zero attached hydrogens (tertiary/aromatic N) is 1. The van der Waals surface area contributed by atoms with Gasteiger partial charge in [-0.3, -0.25) is 15.2 Å². The highest BCUT2D eigenvalue weighted by molar-refractivity contribution is 7.80. The van der Waals surface area contributed by atoms with Crippen LogP contribution in [-0.2, 0) is 4.74 Å². The van der Waals surface area contributed by atoms with E-state index in [1.54, 1.807) is 32.4 Å². The minimum atomic E-state index is -0.372. The third-order valence-corrected chi connectivity index (χ3v) is 4.13. The minimum absolute atomic E-state index is 0.237. The molecule has 2 rings (SSSR count). The van der Waals surface area contributed by atoms with Gasteiger partial charge in [0, 0.05) is 43.3 Å². The fourth-order valence-corrected chi connectivity index (χ4v) is 2.51. The second-order valence-corrected chi connectivity index (χ2v) is 6.10. The van der Waals surface area contributed by atoms with Gasteiger partial charge in [-0.1, -0.05) is 11.6 Å². The van der Waals surface area contributed by atoms with Crippen LogP contribution in [-0.4, -0.2) is 43.3 Å². The van der Waals surface area contributed by atoms with Crippen LogP contribution < -0.4 is 10.7 Å². The molecule has 1 aromatic carbocycles. The van der Waals surface area contributed by atoms with E-state index >= 15 is 0 Å². The Labute approximate surface area is 151 Å². The molecule has 6 nitrogen and oxygen atoms in total. The van der Waals surface area contributed by atoms with Crippen molar-refractivity contribution in [1.29, 1.82) is 0 Å². The van der Waals surface area contributed by atoms with Crippen molar-refractivity contribution in [2.75, 3.05) is 27.3 Å². The SMILES string of the molecule is COCCCNC(=S)N(C)NC(=O)c1oc2ccc(Cl)cc2c1C. The minimum Gasteiger partial charge on any atom is -0.451 e. The number of methoxy groups -OCH3 is 1. The van der Waals surface area contributed by atoms with Crippen molar-refractivity contribution in [3.05, 3.63) is 34.5 Å². The Morgan fingerprint density at radius 2 is 2.21 bits per heavy atom. The van der Waals surface area contributed by atoms with Gasteiger partial charge < -0.3 is 14.5 Å². The molecule has 0 bridgehead atoms. The van der Waals surface area contributed by atoms with E-state index in [0.29, 0.717) is 28.9 Å². The van der Waals surface area contributed by atoms with Crippen molar-refractivity contribution in [3.63, 3.8) is 0 Å². The van der Waals surface area contributed by atoms with Crippen LogP contribution in [0.1, 0.15) is 22.5 Å². The number of halogens is 1. The molecule has 0 unspecified atom stereocenters. The molecular weight excluding hydrogens is 350 g/mol. The first-order valence-electron chi connectivity index (χ1n) is 7.44. The lowest BCUT2D eigenvalue weighted by Crippen LogP contribution is -2.48. The molecule has 0 spiro atoms. The highest BCUT2D eigenvalue weighted by Crippen LogP contribution is 2.27. The van der Waals surface area contributed by atoms with Crippen LogP contribution in [0.15, 0.2) is 22.6 Å². The number of ether oxygens (including phenoxy) is 1. The van der Waals surface area contributed by atoms with Gasteiger partial charge in [-0.25, -0.2) is 0 Å². The van der Waals surface area contributed by atoms with Crippen molar-refractivity contribution < 1.29 is 13.9 Å². The van der Waals surface area contributed by atoms with Crippen LogP contribution >= 0.6 is 23.8 Å². The Morgan fingerprint density at radius 1 is 1.46 bits per heavy atom. The molecule has 0 saturated heterocycles. The van der Waals surface area contributed by atoms with Crippen LogP contribution in [0, 0.1) is 6.92 Å². The van der Waals surface area contributed by atoms with Gasteiger partial charge in [0.2, 0.25) is 0 Å². The van der Waals surface area contributed by atoms with Gasteiger partial charge in [-0.05, 0) is 43.8 Å². The molecule has 0 aliphatic heterocycles. The quantitative estimate of drug-likeness (QED) is 0.480. The highest BCUT2D eigenvalue weighted by Gasteiger charge is 2.19. The molecule has 8 heteroatoms. The van der Waals surface area contributed by atoms with E-state index < -0.39 is 0 Å². The zero-order chi connectivity index (χ0) is 17.7. The van der Waals surface area contributed by atoms with E-state index in [0.717, 1.165) is 17.4 Å². The predicted octanol–water partition coefficient (Wildman–Crippen LogP) is 2.88. The second-order valence-electron chi connectivity index (χ2n) is 5.27. The molecule has 0 aliphatic rings.